The summed E-state index contributed by atoms with van der Waals surface area (Å²) < 4.78 is 0. The lowest BCUT2D eigenvalue weighted by Crippen LogP contribution is -1.99. The average molecular weight is 547 g/mol. The Morgan fingerprint density at radius 2 is 0.711 bits per heavy atom. The first kappa shape index (κ1) is 41.3. The molecule has 38 heavy (non-hydrogen) atoms. The number of aliphatic carboxylic acids is 2. The predicted molar refractivity (Wildman–Crippen MR) is 161 cm³/mol. The molecule has 0 saturated heterocycles. The van der Waals surface area contributed by atoms with Gasteiger partial charge in [-0.1, -0.05) is 136 Å². The highest BCUT2D eigenvalue weighted by Crippen LogP contribution is 2.12. The third-order valence-electron chi connectivity index (χ3n) is 6.73. The summed E-state index contributed by atoms with van der Waals surface area (Å²) in [7, 11) is 0. The van der Waals surface area contributed by atoms with Gasteiger partial charge in [0.15, 0.2) is 0 Å². The third-order valence-corrected chi connectivity index (χ3v) is 6.73. The van der Waals surface area contributed by atoms with Gasteiger partial charge in [-0.15, -0.1) is 0 Å². The van der Waals surface area contributed by atoms with E-state index in [1.54, 1.807) is 0 Å². The Bertz CT molecular complexity index is 415. The van der Waals surface area contributed by atoms with Crippen molar-refractivity contribution in [3.05, 3.63) is 0 Å². The number of carbonyl (C=O) groups is 2. The van der Waals surface area contributed by atoms with Crippen LogP contribution in [0.4, 0.5) is 0 Å². The molecule has 0 rings (SSSR count). The first-order chi connectivity index (χ1) is 18.3. The van der Waals surface area contributed by atoms with E-state index < -0.39 is 11.9 Å². The zero-order valence-corrected chi connectivity index (χ0v) is 25.6. The normalized spacial score (nSPS) is 10.5. The Morgan fingerprint density at radius 1 is 0.474 bits per heavy atom. The number of carboxylic acids is 2. The van der Waals surface area contributed by atoms with Crippen molar-refractivity contribution in [2.75, 3.05) is 13.2 Å². The van der Waals surface area contributed by atoms with Gasteiger partial charge in [-0.05, 0) is 31.6 Å². The van der Waals surface area contributed by atoms with Gasteiger partial charge in [-0.25, -0.2) is 0 Å². The van der Waals surface area contributed by atoms with Crippen molar-refractivity contribution in [1.29, 1.82) is 0 Å². The van der Waals surface area contributed by atoms with Crippen molar-refractivity contribution in [1.82, 2.24) is 0 Å². The molecule has 6 heteroatoms. The van der Waals surface area contributed by atoms with Crippen LogP contribution in [0.5, 0.6) is 0 Å². The molecule has 0 bridgehead atoms. The van der Waals surface area contributed by atoms with Crippen LogP contribution in [0.2, 0.25) is 0 Å². The van der Waals surface area contributed by atoms with Crippen LogP contribution in [0.1, 0.15) is 175 Å². The first-order valence-electron chi connectivity index (χ1n) is 16.0. The van der Waals surface area contributed by atoms with E-state index in [1.165, 1.54) is 103 Å². The lowest BCUT2D eigenvalue weighted by atomic mass is 10.1. The van der Waals surface area contributed by atoms with Gasteiger partial charge in [0, 0.05) is 26.1 Å². The Kier molecular flexibility index (Phi) is 41.4. The molecule has 0 unspecified atom stereocenters. The Hall–Kier alpha value is -1.14. The van der Waals surface area contributed by atoms with Gasteiger partial charge in [0.25, 0.3) is 0 Å². The molecule has 4 N–H and O–H groups in total. The van der Waals surface area contributed by atoms with E-state index in [9.17, 15) is 9.59 Å². The maximum absolute atomic E-state index is 10.2. The second-order valence-corrected chi connectivity index (χ2v) is 10.8. The van der Waals surface area contributed by atoms with Crippen LogP contribution in [0.15, 0.2) is 0 Å². The van der Waals surface area contributed by atoms with E-state index in [0.717, 1.165) is 38.5 Å². The lowest BCUT2D eigenvalue weighted by Gasteiger charge is -2.04. The minimum atomic E-state index is -0.658. The molecule has 0 atom stereocenters. The van der Waals surface area contributed by atoms with Crippen LogP contribution in [0.25, 0.3) is 0 Å². The Morgan fingerprint density at radius 3 is 0.921 bits per heavy atom. The number of aliphatic hydroxyl groups excluding tert-OH is 2. The Balaban J connectivity index is -0.000000508. The van der Waals surface area contributed by atoms with E-state index in [2.05, 4.69) is 13.8 Å². The molecule has 0 aromatic rings. The molecule has 0 heterocycles. The molecular weight excluding hydrogens is 480 g/mol. The second kappa shape index (κ2) is 38.0. The van der Waals surface area contributed by atoms with Crippen LogP contribution in [-0.2, 0) is 9.59 Å². The molecule has 0 spiro atoms. The van der Waals surface area contributed by atoms with Crippen LogP contribution in [-0.4, -0.2) is 45.6 Å². The summed E-state index contributed by atoms with van der Waals surface area (Å²) in [4.78, 5) is 20.5. The van der Waals surface area contributed by atoms with Crippen LogP contribution < -0.4 is 0 Å². The quantitative estimate of drug-likeness (QED) is 0.0804. The number of rotatable bonds is 26. The molecule has 0 aromatic heterocycles. The number of unbranched alkanes of at least 4 members (excludes halogenated alkanes) is 18. The van der Waals surface area contributed by atoms with E-state index in [-0.39, 0.29) is 13.2 Å². The Labute approximate surface area is 236 Å². The maximum Gasteiger partial charge on any atom is 0.303 e. The molecule has 0 aliphatic rings. The molecule has 0 radical (unpaired) electrons. The van der Waals surface area contributed by atoms with Gasteiger partial charge >= 0.3 is 11.9 Å². The summed E-state index contributed by atoms with van der Waals surface area (Å²) in [6, 6.07) is 0. The summed E-state index contributed by atoms with van der Waals surface area (Å²) in [6.07, 6.45) is 27.4. The number of hydrogen-bond acceptors (Lipinski definition) is 4. The molecule has 0 aromatic carbocycles. The van der Waals surface area contributed by atoms with Gasteiger partial charge in [-0.3, -0.25) is 9.59 Å². The van der Waals surface area contributed by atoms with Gasteiger partial charge in [0.05, 0.1) is 0 Å². The summed E-state index contributed by atoms with van der Waals surface area (Å²) in [5, 5.41) is 33.6. The fourth-order valence-corrected chi connectivity index (χ4v) is 4.11. The molecule has 0 saturated carbocycles. The summed E-state index contributed by atoms with van der Waals surface area (Å²) in [5.41, 5.74) is 0. The molecule has 0 fully saturated rings. The lowest BCUT2D eigenvalue weighted by molar-refractivity contribution is -0.138. The highest BCUT2D eigenvalue weighted by molar-refractivity contribution is 5.66. The minimum absolute atomic E-state index is 0.237. The van der Waals surface area contributed by atoms with E-state index in [1.807, 2.05) is 6.92 Å². The third kappa shape index (κ3) is 48.0. The molecule has 0 amide bonds. The van der Waals surface area contributed by atoms with Crippen molar-refractivity contribution in [2.45, 2.75) is 175 Å². The topological polar surface area (TPSA) is 115 Å². The first-order valence-corrected chi connectivity index (χ1v) is 16.0. The van der Waals surface area contributed by atoms with Crippen molar-refractivity contribution in [3.8, 4) is 0 Å². The summed E-state index contributed by atoms with van der Waals surface area (Å²) >= 11 is 0. The fourth-order valence-electron chi connectivity index (χ4n) is 4.11. The monoisotopic (exact) mass is 546 g/mol. The summed E-state index contributed by atoms with van der Waals surface area (Å²) in [6.45, 7) is 6.97. The van der Waals surface area contributed by atoms with Gasteiger partial charge in [0.1, 0.15) is 0 Å². The molecular formula is C32H66O6. The summed E-state index contributed by atoms with van der Waals surface area (Å²) in [5.74, 6) is -0.853. The molecule has 0 aliphatic carbocycles. The standard InChI is InChI=1S/2C13H26O2.C6H14O2/c2*1-2-3-4-5-6-7-8-9-10-11-12-13(14)15;1-6(2-4-7)3-5-8/h2*2-12H2,1H3,(H,14,15);6-8H,2-5H2,1H3. The predicted octanol–water partition coefficient (Wildman–Crippen LogP) is 9.15. The van der Waals surface area contributed by atoms with Crippen molar-refractivity contribution in [3.63, 3.8) is 0 Å². The maximum atomic E-state index is 10.2. The molecule has 6 nitrogen and oxygen atoms in total. The van der Waals surface area contributed by atoms with Crippen LogP contribution >= 0.6 is 0 Å². The highest BCUT2D eigenvalue weighted by atomic mass is 16.4. The SMILES string of the molecule is CC(CCO)CCO.CCCCCCCCCCCCC(=O)O.CCCCCCCCCCCCC(=O)O. The van der Waals surface area contributed by atoms with Gasteiger partial charge < -0.3 is 20.4 Å². The zero-order chi connectivity index (χ0) is 29.1. The zero-order valence-electron chi connectivity index (χ0n) is 25.6. The number of aliphatic hydroxyl groups is 2. The largest absolute Gasteiger partial charge is 0.481 e. The van der Waals surface area contributed by atoms with Crippen LogP contribution in [0, 0.1) is 5.92 Å². The smallest absolute Gasteiger partial charge is 0.303 e. The number of hydrogen-bond donors (Lipinski definition) is 4. The van der Waals surface area contributed by atoms with E-state index >= 15 is 0 Å². The average Bonchev–Trinajstić information content (AvgIpc) is 2.87. The second-order valence-electron chi connectivity index (χ2n) is 10.8. The van der Waals surface area contributed by atoms with Gasteiger partial charge in [-0.2, -0.15) is 0 Å². The van der Waals surface area contributed by atoms with Crippen molar-refractivity contribution >= 4 is 11.9 Å². The van der Waals surface area contributed by atoms with E-state index in [4.69, 9.17) is 20.4 Å². The van der Waals surface area contributed by atoms with Gasteiger partial charge in [0.2, 0.25) is 0 Å². The highest BCUT2D eigenvalue weighted by Gasteiger charge is 1.98. The van der Waals surface area contributed by atoms with Crippen molar-refractivity contribution in [2.24, 2.45) is 5.92 Å². The van der Waals surface area contributed by atoms with Crippen molar-refractivity contribution < 1.29 is 30.0 Å². The fraction of sp³-hybridized carbons (Fsp3) is 0.938. The van der Waals surface area contributed by atoms with Crippen LogP contribution in [0.3, 0.4) is 0 Å². The number of carboxylic acid groups (broad SMARTS) is 2. The molecule has 230 valence electrons. The minimum Gasteiger partial charge on any atom is -0.481 e. The van der Waals surface area contributed by atoms with E-state index in [0.29, 0.717) is 18.8 Å². The molecule has 0 aliphatic heterocycles.